The highest BCUT2D eigenvalue weighted by Crippen LogP contribution is 2.10. The Bertz CT molecular complexity index is 690. The molecule has 0 saturated carbocycles. The van der Waals surface area contributed by atoms with E-state index in [0.29, 0.717) is 26.1 Å². The van der Waals surface area contributed by atoms with Crippen LogP contribution in [0.3, 0.4) is 0 Å². The Hall–Kier alpha value is -2.36. The Morgan fingerprint density at radius 3 is 1.85 bits per heavy atom. The van der Waals surface area contributed by atoms with Gasteiger partial charge in [-0.3, -0.25) is 9.59 Å². The van der Waals surface area contributed by atoms with Crippen molar-refractivity contribution in [2.45, 2.75) is 96.7 Å². The number of unbranched alkanes of at least 4 members (excludes halogenated alkanes) is 7. The number of hydrogen-bond donors (Lipinski definition) is 2. The van der Waals surface area contributed by atoms with Gasteiger partial charge in [0.15, 0.2) is 0 Å². The number of benzene rings is 1. The molecule has 0 aliphatic heterocycles. The molecular weight excluding hydrogens is 420 g/mol. The molecule has 1 aromatic carbocycles. The maximum absolute atomic E-state index is 10.6. The van der Waals surface area contributed by atoms with Crippen molar-refractivity contribution in [1.29, 1.82) is 0 Å². The number of aryl methyl sites for hydroxylation is 1. The number of carbonyl (C=O) groups is 2. The Labute approximate surface area is 198 Å². The number of carboxylic acid groups (broad SMARTS) is 2. The van der Waals surface area contributed by atoms with Gasteiger partial charge in [-0.2, -0.15) is 0 Å². The molecule has 6 nitrogen and oxygen atoms in total. The molecule has 0 heterocycles. The monoisotopic (exact) mass is 460 g/mol. The summed E-state index contributed by atoms with van der Waals surface area (Å²) in [6, 6.07) is 8.29. The zero-order chi connectivity index (χ0) is 24.2. The molecule has 0 aliphatic carbocycles. The smallest absolute Gasteiger partial charge is 0.303 e. The first kappa shape index (κ1) is 28.7. The number of rotatable bonds is 19. The van der Waals surface area contributed by atoms with Crippen LogP contribution in [0, 0.1) is 11.8 Å². The summed E-state index contributed by atoms with van der Waals surface area (Å²) in [6.07, 6.45) is 10.1. The first-order valence-electron chi connectivity index (χ1n) is 12.3. The summed E-state index contributed by atoms with van der Waals surface area (Å²) in [5, 5.41) is 17.4. The van der Waals surface area contributed by atoms with Crippen LogP contribution in [-0.2, 0) is 25.5 Å². The zero-order valence-electron chi connectivity index (χ0n) is 20.0. The second kappa shape index (κ2) is 19.1. The molecule has 0 fully saturated rings. The van der Waals surface area contributed by atoms with Crippen molar-refractivity contribution >= 4 is 11.9 Å². The third kappa shape index (κ3) is 16.9. The Morgan fingerprint density at radius 2 is 1.33 bits per heavy atom. The molecule has 1 aromatic rings. The highest BCUT2D eigenvalue weighted by atomic mass is 16.7. The van der Waals surface area contributed by atoms with Crippen LogP contribution >= 0.6 is 0 Å². The first-order valence-corrected chi connectivity index (χ1v) is 12.3. The molecule has 0 atom stereocenters. The lowest BCUT2D eigenvalue weighted by Gasteiger charge is -2.13. The third-order valence-electron chi connectivity index (χ3n) is 5.22. The quantitative estimate of drug-likeness (QED) is 0.154. The van der Waals surface area contributed by atoms with Crippen molar-refractivity contribution < 1.29 is 29.3 Å². The van der Waals surface area contributed by atoms with Crippen LogP contribution in [0.1, 0.15) is 95.1 Å². The molecule has 2 N–H and O–H groups in total. The average Bonchev–Trinajstić information content (AvgIpc) is 2.79. The second-order valence-corrected chi connectivity index (χ2v) is 8.26. The largest absolute Gasteiger partial charge is 0.481 e. The number of aliphatic carboxylic acids is 2. The van der Waals surface area contributed by atoms with Crippen LogP contribution in [0.15, 0.2) is 24.3 Å². The fourth-order valence-electron chi connectivity index (χ4n) is 3.28. The summed E-state index contributed by atoms with van der Waals surface area (Å²) < 4.78 is 11.6. The van der Waals surface area contributed by atoms with Gasteiger partial charge < -0.3 is 19.7 Å². The lowest BCUT2D eigenvalue weighted by atomic mass is 10.0. The molecule has 0 amide bonds. The Balaban J connectivity index is 2.49. The van der Waals surface area contributed by atoms with E-state index < -0.39 is 18.2 Å². The van der Waals surface area contributed by atoms with Crippen molar-refractivity contribution in [1.82, 2.24) is 0 Å². The molecule has 0 unspecified atom stereocenters. The molecule has 0 aromatic heterocycles. The average molecular weight is 461 g/mol. The van der Waals surface area contributed by atoms with Gasteiger partial charge in [0.05, 0.1) is 13.2 Å². The van der Waals surface area contributed by atoms with Crippen molar-refractivity contribution in [3.63, 3.8) is 0 Å². The maximum atomic E-state index is 10.6. The fraction of sp³-hybridized carbons (Fsp3) is 0.630. The van der Waals surface area contributed by atoms with Gasteiger partial charge >= 0.3 is 11.9 Å². The summed E-state index contributed by atoms with van der Waals surface area (Å²) in [4.78, 5) is 21.2. The highest BCUT2D eigenvalue weighted by molar-refractivity contribution is 5.66. The minimum Gasteiger partial charge on any atom is -0.481 e. The Morgan fingerprint density at radius 1 is 0.788 bits per heavy atom. The topological polar surface area (TPSA) is 93.1 Å². The SMILES string of the molecule is CCCCCCc1ccc(C#CC(OCCCCCC(=O)O)OCCCCCC(=O)O)cc1. The molecule has 1 rings (SSSR count). The molecule has 0 bridgehead atoms. The van der Waals surface area contributed by atoms with E-state index in [-0.39, 0.29) is 12.8 Å². The van der Waals surface area contributed by atoms with Crippen molar-refractivity contribution in [3.05, 3.63) is 35.4 Å². The van der Waals surface area contributed by atoms with Crippen molar-refractivity contribution in [2.75, 3.05) is 13.2 Å². The number of ether oxygens (including phenoxy) is 2. The molecule has 6 heteroatoms. The lowest BCUT2D eigenvalue weighted by Crippen LogP contribution is -2.17. The summed E-state index contributed by atoms with van der Waals surface area (Å²) in [7, 11) is 0. The second-order valence-electron chi connectivity index (χ2n) is 8.26. The molecule has 0 spiro atoms. The zero-order valence-corrected chi connectivity index (χ0v) is 20.0. The van der Waals surface area contributed by atoms with Crippen LogP contribution < -0.4 is 0 Å². The molecule has 0 saturated heterocycles. The minimum absolute atomic E-state index is 0.171. The van der Waals surface area contributed by atoms with Gasteiger partial charge in [0.2, 0.25) is 6.29 Å². The molecular formula is C27H40O6. The predicted octanol–water partition coefficient (Wildman–Crippen LogP) is 5.81. The van der Waals surface area contributed by atoms with Crippen LogP contribution in [0.25, 0.3) is 0 Å². The van der Waals surface area contributed by atoms with E-state index in [1.165, 1.54) is 31.2 Å². The third-order valence-corrected chi connectivity index (χ3v) is 5.22. The van der Waals surface area contributed by atoms with E-state index >= 15 is 0 Å². The lowest BCUT2D eigenvalue weighted by molar-refractivity contribution is -0.138. The van der Waals surface area contributed by atoms with E-state index in [1.54, 1.807) is 0 Å². The standard InChI is InChI=1S/C27H40O6/c1-2-3-4-7-12-23-15-17-24(18-16-23)19-20-27(32-21-10-5-8-13-25(28)29)33-22-11-6-9-14-26(30)31/h15-18,27H,2-14,21-22H2,1H3,(H,28,29)(H,30,31). The van der Waals surface area contributed by atoms with Gasteiger partial charge in [0, 0.05) is 18.4 Å². The van der Waals surface area contributed by atoms with Gasteiger partial charge in [-0.15, -0.1) is 0 Å². The molecule has 184 valence electrons. The van der Waals surface area contributed by atoms with Gasteiger partial charge in [-0.05, 0) is 62.1 Å². The van der Waals surface area contributed by atoms with E-state index in [9.17, 15) is 9.59 Å². The van der Waals surface area contributed by atoms with Crippen LogP contribution in [0.2, 0.25) is 0 Å². The fourth-order valence-corrected chi connectivity index (χ4v) is 3.28. The normalized spacial score (nSPS) is 10.7. The number of carboxylic acids is 2. The van der Waals surface area contributed by atoms with Gasteiger partial charge in [-0.25, -0.2) is 0 Å². The van der Waals surface area contributed by atoms with Gasteiger partial charge in [-0.1, -0.05) is 57.1 Å². The van der Waals surface area contributed by atoms with Crippen molar-refractivity contribution in [2.24, 2.45) is 0 Å². The first-order chi connectivity index (χ1) is 16.0. The van der Waals surface area contributed by atoms with Crippen LogP contribution in [0.4, 0.5) is 0 Å². The highest BCUT2D eigenvalue weighted by Gasteiger charge is 2.06. The van der Waals surface area contributed by atoms with E-state index in [1.807, 2.05) is 12.1 Å². The summed E-state index contributed by atoms with van der Waals surface area (Å²) in [6.45, 7) is 3.12. The number of hydrogen-bond acceptors (Lipinski definition) is 4. The maximum Gasteiger partial charge on any atom is 0.303 e. The predicted molar refractivity (Wildman–Crippen MR) is 129 cm³/mol. The summed E-state index contributed by atoms with van der Waals surface area (Å²) >= 11 is 0. The molecule has 33 heavy (non-hydrogen) atoms. The van der Waals surface area contributed by atoms with Gasteiger partial charge in [0.1, 0.15) is 0 Å². The van der Waals surface area contributed by atoms with Crippen LogP contribution in [-0.4, -0.2) is 41.7 Å². The van der Waals surface area contributed by atoms with E-state index in [2.05, 4.69) is 30.9 Å². The molecule has 0 radical (unpaired) electrons. The summed E-state index contributed by atoms with van der Waals surface area (Å²) in [5.41, 5.74) is 2.23. The van der Waals surface area contributed by atoms with Gasteiger partial charge in [0.25, 0.3) is 0 Å². The van der Waals surface area contributed by atoms with Crippen molar-refractivity contribution in [3.8, 4) is 11.8 Å². The molecule has 0 aliphatic rings. The van der Waals surface area contributed by atoms with E-state index in [0.717, 1.165) is 37.7 Å². The Kier molecular flexibility index (Phi) is 16.6. The summed E-state index contributed by atoms with van der Waals surface area (Å²) in [5.74, 6) is 4.62. The van der Waals surface area contributed by atoms with Crippen LogP contribution in [0.5, 0.6) is 0 Å². The minimum atomic E-state index is -0.780. The van der Waals surface area contributed by atoms with E-state index in [4.69, 9.17) is 19.7 Å².